The smallest absolute Gasteiger partial charge is 0.243 e. The molecule has 1 aromatic heterocycles. The van der Waals surface area contributed by atoms with Crippen LogP contribution in [0.2, 0.25) is 0 Å². The molecule has 1 amide bonds. The lowest BCUT2D eigenvalue weighted by Gasteiger charge is -2.14. The summed E-state index contributed by atoms with van der Waals surface area (Å²) >= 11 is 3.38. The molecule has 0 fully saturated rings. The lowest BCUT2D eigenvalue weighted by molar-refractivity contribution is -0.122. The van der Waals surface area contributed by atoms with Gasteiger partial charge in [-0.3, -0.25) is 4.79 Å². The SMILES string of the molecule is COc1cc(OC)c(OC)cc1CNC(=O)Cn1nnc(-c2ccc(Br)cc2)n1. The molecule has 2 aromatic carbocycles. The lowest BCUT2D eigenvalue weighted by atomic mass is 10.1. The fourth-order valence-corrected chi connectivity index (χ4v) is 2.90. The highest BCUT2D eigenvalue weighted by Crippen LogP contribution is 2.34. The van der Waals surface area contributed by atoms with Crippen LogP contribution in [0.1, 0.15) is 5.56 Å². The average molecular weight is 462 g/mol. The van der Waals surface area contributed by atoms with Crippen molar-refractivity contribution < 1.29 is 19.0 Å². The molecule has 1 N–H and O–H groups in total. The van der Waals surface area contributed by atoms with Crippen LogP contribution in [0.4, 0.5) is 0 Å². The van der Waals surface area contributed by atoms with E-state index in [4.69, 9.17) is 14.2 Å². The lowest BCUT2D eigenvalue weighted by Crippen LogP contribution is -2.28. The van der Waals surface area contributed by atoms with Crippen molar-refractivity contribution >= 4 is 21.8 Å². The van der Waals surface area contributed by atoms with Crippen LogP contribution < -0.4 is 19.5 Å². The van der Waals surface area contributed by atoms with Crippen LogP contribution in [-0.2, 0) is 17.9 Å². The highest BCUT2D eigenvalue weighted by molar-refractivity contribution is 9.10. The quantitative estimate of drug-likeness (QED) is 0.549. The zero-order chi connectivity index (χ0) is 20.8. The molecule has 3 rings (SSSR count). The number of halogens is 1. The predicted molar refractivity (Wildman–Crippen MR) is 109 cm³/mol. The van der Waals surface area contributed by atoms with Crippen molar-refractivity contribution in [2.75, 3.05) is 21.3 Å². The van der Waals surface area contributed by atoms with Gasteiger partial charge in [0.25, 0.3) is 0 Å². The molecule has 10 heteroatoms. The third-order valence-corrected chi connectivity index (χ3v) is 4.63. The number of rotatable bonds is 8. The summed E-state index contributed by atoms with van der Waals surface area (Å²) in [6.07, 6.45) is 0. The minimum Gasteiger partial charge on any atom is -0.496 e. The Balaban J connectivity index is 1.64. The van der Waals surface area contributed by atoms with Gasteiger partial charge in [-0.2, -0.15) is 4.80 Å². The molecule has 3 aromatic rings. The van der Waals surface area contributed by atoms with E-state index in [1.165, 1.54) is 4.80 Å². The third-order valence-electron chi connectivity index (χ3n) is 4.10. The van der Waals surface area contributed by atoms with E-state index in [1.807, 2.05) is 24.3 Å². The number of benzene rings is 2. The number of amides is 1. The molecule has 0 saturated heterocycles. The number of methoxy groups -OCH3 is 3. The maximum Gasteiger partial charge on any atom is 0.243 e. The van der Waals surface area contributed by atoms with Crippen LogP contribution in [0.5, 0.6) is 17.2 Å². The van der Waals surface area contributed by atoms with Crippen molar-refractivity contribution in [1.82, 2.24) is 25.5 Å². The summed E-state index contributed by atoms with van der Waals surface area (Å²) in [4.78, 5) is 13.6. The second-order valence-corrected chi connectivity index (χ2v) is 6.86. The zero-order valence-corrected chi connectivity index (χ0v) is 17.8. The van der Waals surface area contributed by atoms with Gasteiger partial charge in [0.15, 0.2) is 11.5 Å². The van der Waals surface area contributed by atoms with Gasteiger partial charge in [0, 0.05) is 28.2 Å². The van der Waals surface area contributed by atoms with Gasteiger partial charge in [0.05, 0.1) is 21.3 Å². The standard InChI is InChI=1S/C19H20BrN5O4/c1-27-15-9-17(29-3)16(28-2)8-13(15)10-21-18(26)11-25-23-19(22-24-25)12-4-6-14(20)7-5-12/h4-9H,10-11H2,1-3H3,(H,21,26). The van der Waals surface area contributed by atoms with Gasteiger partial charge in [-0.1, -0.05) is 15.9 Å². The Labute approximate surface area is 176 Å². The van der Waals surface area contributed by atoms with E-state index in [0.29, 0.717) is 23.1 Å². The third kappa shape index (κ3) is 5.02. The Morgan fingerprint density at radius 3 is 2.34 bits per heavy atom. The van der Waals surface area contributed by atoms with Gasteiger partial charge in [-0.05, 0) is 35.5 Å². The zero-order valence-electron chi connectivity index (χ0n) is 16.2. The molecule has 0 unspecified atom stereocenters. The van der Waals surface area contributed by atoms with Crippen molar-refractivity contribution in [2.24, 2.45) is 0 Å². The molecule has 0 saturated carbocycles. The Kier molecular flexibility index (Phi) is 6.65. The van der Waals surface area contributed by atoms with Crippen molar-refractivity contribution in [3.8, 4) is 28.6 Å². The van der Waals surface area contributed by atoms with Gasteiger partial charge in [-0.25, -0.2) is 0 Å². The van der Waals surface area contributed by atoms with E-state index in [2.05, 4.69) is 36.7 Å². The number of nitrogens with one attached hydrogen (secondary N) is 1. The van der Waals surface area contributed by atoms with Crippen LogP contribution in [0.3, 0.4) is 0 Å². The Morgan fingerprint density at radius 2 is 1.69 bits per heavy atom. The second kappa shape index (κ2) is 9.37. The van der Waals surface area contributed by atoms with Gasteiger partial charge in [-0.15, -0.1) is 10.2 Å². The van der Waals surface area contributed by atoms with Crippen molar-refractivity contribution in [2.45, 2.75) is 13.1 Å². The molecule has 1 heterocycles. The number of carbonyl (C=O) groups is 1. The summed E-state index contributed by atoms with van der Waals surface area (Å²) < 4.78 is 16.9. The van der Waals surface area contributed by atoms with E-state index in [0.717, 1.165) is 15.6 Å². The maximum atomic E-state index is 12.3. The van der Waals surface area contributed by atoms with E-state index >= 15 is 0 Å². The first-order chi connectivity index (χ1) is 14.0. The molecule has 9 nitrogen and oxygen atoms in total. The number of aromatic nitrogens is 4. The summed E-state index contributed by atoms with van der Waals surface area (Å²) in [5, 5.41) is 15.0. The summed E-state index contributed by atoms with van der Waals surface area (Å²) in [6.45, 7) is 0.190. The number of tetrazole rings is 1. The van der Waals surface area contributed by atoms with Crippen molar-refractivity contribution in [3.05, 3.63) is 46.4 Å². The first-order valence-corrected chi connectivity index (χ1v) is 9.42. The Morgan fingerprint density at radius 1 is 1.03 bits per heavy atom. The van der Waals surface area contributed by atoms with Gasteiger partial charge >= 0.3 is 0 Å². The Hall–Kier alpha value is -3.14. The highest BCUT2D eigenvalue weighted by Gasteiger charge is 2.14. The fourth-order valence-electron chi connectivity index (χ4n) is 2.63. The van der Waals surface area contributed by atoms with Crippen LogP contribution in [0.25, 0.3) is 11.4 Å². The minimum atomic E-state index is -0.262. The van der Waals surface area contributed by atoms with Gasteiger partial charge in [0.2, 0.25) is 11.7 Å². The molecule has 0 aliphatic rings. The number of hydrogen-bond donors (Lipinski definition) is 1. The van der Waals surface area contributed by atoms with Crippen LogP contribution in [0.15, 0.2) is 40.9 Å². The van der Waals surface area contributed by atoms with Gasteiger partial charge < -0.3 is 19.5 Å². The monoisotopic (exact) mass is 461 g/mol. The molecular weight excluding hydrogens is 442 g/mol. The molecule has 0 spiro atoms. The van der Waals surface area contributed by atoms with Crippen molar-refractivity contribution in [1.29, 1.82) is 0 Å². The first-order valence-electron chi connectivity index (χ1n) is 8.63. The van der Waals surface area contributed by atoms with E-state index in [-0.39, 0.29) is 19.0 Å². The second-order valence-electron chi connectivity index (χ2n) is 5.95. The Bertz CT molecular complexity index is 991. The molecule has 0 radical (unpaired) electrons. The highest BCUT2D eigenvalue weighted by atomic mass is 79.9. The molecule has 0 aliphatic heterocycles. The maximum absolute atomic E-state index is 12.3. The van der Waals surface area contributed by atoms with Crippen LogP contribution >= 0.6 is 15.9 Å². The normalized spacial score (nSPS) is 10.5. The summed E-state index contributed by atoms with van der Waals surface area (Å²) in [5.74, 6) is 1.87. The largest absolute Gasteiger partial charge is 0.496 e. The summed E-state index contributed by atoms with van der Waals surface area (Å²) in [6, 6.07) is 11.0. The van der Waals surface area contributed by atoms with Crippen LogP contribution in [0, 0.1) is 0 Å². The molecule has 0 atom stereocenters. The van der Waals surface area contributed by atoms with E-state index < -0.39 is 0 Å². The number of hydrogen-bond acceptors (Lipinski definition) is 7. The fraction of sp³-hybridized carbons (Fsp3) is 0.263. The summed E-state index contributed by atoms with van der Waals surface area (Å²) in [7, 11) is 4.65. The topological polar surface area (TPSA) is 100 Å². The number of nitrogens with zero attached hydrogens (tertiary/aromatic N) is 4. The predicted octanol–water partition coefficient (Wildman–Crippen LogP) is 2.44. The average Bonchev–Trinajstić information content (AvgIpc) is 3.20. The van der Waals surface area contributed by atoms with E-state index in [1.54, 1.807) is 33.5 Å². The molecule has 0 bridgehead atoms. The van der Waals surface area contributed by atoms with Crippen molar-refractivity contribution in [3.63, 3.8) is 0 Å². The molecule has 0 aliphatic carbocycles. The number of ether oxygens (including phenoxy) is 3. The first kappa shape index (κ1) is 20.6. The molecule has 29 heavy (non-hydrogen) atoms. The van der Waals surface area contributed by atoms with E-state index in [9.17, 15) is 4.79 Å². The minimum absolute atomic E-state index is 0.0564. The summed E-state index contributed by atoms with van der Waals surface area (Å²) in [5.41, 5.74) is 1.57. The van der Waals surface area contributed by atoms with Crippen LogP contribution in [-0.4, -0.2) is 47.4 Å². The molecular formula is C19H20BrN5O4. The number of carbonyl (C=O) groups excluding carboxylic acids is 1. The van der Waals surface area contributed by atoms with Gasteiger partial charge in [0.1, 0.15) is 12.3 Å². The molecule has 152 valence electrons.